The number of urea groups is 1. The van der Waals surface area contributed by atoms with Crippen LogP contribution in [0.5, 0.6) is 0 Å². The fourth-order valence-corrected chi connectivity index (χ4v) is 4.34. The Hall–Kier alpha value is -2.97. The topological polar surface area (TPSA) is 91.1 Å². The van der Waals surface area contributed by atoms with Crippen LogP contribution in [0.15, 0.2) is 24.5 Å². The first-order valence-electron chi connectivity index (χ1n) is 10.1. The van der Waals surface area contributed by atoms with Crippen LogP contribution in [0.1, 0.15) is 44.1 Å². The summed E-state index contributed by atoms with van der Waals surface area (Å²) in [6.45, 7) is 7.61. The van der Waals surface area contributed by atoms with Crippen molar-refractivity contribution in [3.63, 3.8) is 0 Å². The van der Waals surface area contributed by atoms with Gasteiger partial charge >= 0.3 is 6.03 Å². The highest BCUT2D eigenvalue weighted by atomic mass is 16.2. The van der Waals surface area contributed by atoms with E-state index in [1.807, 2.05) is 20.8 Å². The maximum Gasteiger partial charge on any atom is 0.327 e. The lowest BCUT2D eigenvalue weighted by molar-refractivity contribution is -0.135. The van der Waals surface area contributed by atoms with Crippen molar-refractivity contribution in [2.45, 2.75) is 39.2 Å². The molecule has 2 aromatic heterocycles. The molecule has 2 fully saturated rings. The van der Waals surface area contributed by atoms with Gasteiger partial charge in [-0.15, -0.1) is 0 Å². The largest absolute Gasteiger partial charge is 0.337 e. The summed E-state index contributed by atoms with van der Waals surface area (Å²) >= 11 is 0. The van der Waals surface area contributed by atoms with Crippen molar-refractivity contribution in [1.82, 2.24) is 29.3 Å². The van der Waals surface area contributed by atoms with E-state index in [4.69, 9.17) is 0 Å². The number of imide groups is 1. The summed E-state index contributed by atoms with van der Waals surface area (Å²) in [7, 11) is 0. The van der Waals surface area contributed by atoms with Crippen LogP contribution in [0.3, 0.4) is 0 Å². The summed E-state index contributed by atoms with van der Waals surface area (Å²) in [5.41, 5.74) is 0.111. The number of amides is 4. The van der Waals surface area contributed by atoms with Crippen molar-refractivity contribution in [3.05, 3.63) is 30.2 Å². The first-order valence-corrected chi connectivity index (χ1v) is 10.1. The molecule has 2 aliphatic heterocycles. The fraction of sp³-hybridized carbons (Fsp3) is 0.550. The van der Waals surface area contributed by atoms with E-state index in [-0.39, 0.29) is 23.8 Å². The molecule has 9 heteroatoms. The molecule has 2 aliphatic rings. The molecule has 154 valence electrons. The van der Waals surface area contributed by atoms with Gasteiger partial charge in [-0.25, -0.2) is 14.3 Å². The molecular weight excluding hydrogens is 372 g/mol. The number of aromatic nitrogens is 3. The number of carbonyl (C=O) groups is 3. The Morgan fingerprint density at radius 3 is 2.59 bits per heavy atom. The SMILES string of the molecule is CCN1C(=O)N(CC(C)C)C2(CCN(C(=O)c3cc4ncccn4n3)CC2)C1=O. The Bertz CT molecular complexity index is 927. The van der Waals surface area contributed by atoms with Crippen molar-refractivity contribution in [3.8, 4) is 0 Å². The van der Waals surface area contributed by atoms with E-state index in [9.17, 15) is 14.4 Å². The highest BCUT2D eigenvalue weighted by Gasteiger charge is 2.57. The van der Waals surface area contributed by atoms with E-state index in [1.54, 1.807) is 38.8 Å². The van der Waals surface area contributed by atoms with Crippen LogP contribution in [0.25, 0.3) is 5.65 Å². The summed E-state index contributed by atoms with van der Waals surface area (Å²) in [5, 5.41) is 4.31. The molecule has 2 saturated heterocycles. The molecule has 0 atom stereocenters. The number of hydrogen-bond donors (Lipinski definition) is 0. The highest BCUT2D eigenvalue weighted by Crippen LogP contribution is 2.38. The van der Waals surface area contributed by atoms with Crippen LogP contribution >= 0.6 is 0 Å². The van der Waals surface area contributed by atoms with Gasteiger partial charge in [-0.2, -0.15) is 5.10 Å². The van der Waals surface area contributed by atoms with Crippen LogP contribution in [-0.2, 0) is 4.79 Å². The van der Waals surface area contributed by atoms with E-state index in [1.165, 1.54) is 4.90 Å². The molecule has 29 heavy (non-hydrogen) atoms. The van der Waals surface area contributed by atoms with E-state index < -0.39 is 5.54 Å². The van der Waals surface area contributed by atoms with Gasteiger partial charge in [0.1, 0.15) is 5.54 Å². The second-order valence-corrected chi connectivity index (χ2v) is 8.11. The minimum absolute atomic E-state index is 0.130. The quantitative estimate of drug-likeness (QED) is 0.731. The van der Waals surface area contributed by atoms with E-state index >= 15 is 0 Å². The molecule has 0 aliphatic carbocycles. The van der Waals surface area contributed by atoms with Crippen LogP contribution < -0.4 is 0 Å². The first kappa shape index (κ1) is 19.4. The van der Waals surface area contributed by atoms with Gasteiger partial charge in [-0.05, 0) is 31.7 Å². The lowest BCUT2D eigenvalue weighted by atomic mass is 9.85. The van der Waals surface area contributed by atoms with Gasteiger partial charge in [0.2, 0.25) is 0 Å². The van der Waals surface area contributed by atoms with E-state index in [2.05, 4.69) is 10.1 Å². The Labute approximate surface area is 169 Å². The van der Waals surface area contributed by atoms with Gasteiger partial charge < -0.3 is 9.80 Å². The molecule has 0 unspecified atom stereocenters. The second-order valence-electron chi connectivity index (χ2n) is 8.11. The third-order valence-corrected chi connectivity index (χ3v) is 5.82. The average molecular weight is 398 g/mol. The molecule has 0 aromatic carbocycles. The summed E-state index contributed by atoms with van der Waals surface area (Å²) in [5.74, 6) is -0.0508. The number of likely N-dealkylation sites (N-methyl/N-ethyl adjacent to an activating group) is 1. The predicted octanol–water partition coefficient (Wildman–Crippen LogP) is 1.64. The summed E-state index contributed by atoms with van der Waals surface area (Å²) in [4.78, 5) is 47.9. The maximum absolute atomic E-state index is 13.1. The van der Waals surface area contributed by atoms with Crippen molar-refractivity contribution < 1.29 is 14.4 Å². The molecule has 4 heterocycles. The molecule has 9 nitrogen and oxygen atoms in total. The lowest BCUT2D eigenvalue weighted by Crippen LogP contribution is -2.58. The Balaban J connectivity index is 1.54. The van der Waals surface area contributed by atoms with Crippen molar-refractivity contribution in [2.24, 2.45) is 5.92 Å². The zero-order valence-electron chi connectivity index (χ0n) is 17.0. The van der Waals surface area contributed by atoms with Gasteiger partial charge in [0.05, 0.1) is 0 Å². The summed E-state index contributed by atoms with van der Waals surface area (Å²) in [6.07, 6.45) is 4.29. The van der Waals surface area contributed by atoms with Crippen LogP contribution in [0.4, 0.5) is 4.79 Å². The highest BCUT2D eigenvalue weighted by molar-refractivity contribution is 6.07. The fourth-order valence-electron chi connectivity index (χ4n) is 4.34. The van der Waals surface area contributed by atoms with Crippen LogP contribution in [-0.4, -0.2) is 78.9 Å². The lowest BCUT2D eigenvalue weighted by Gasteiger charge is -2.42. The predicted molar refractivity (Wildman–Crippen MR) is 105 cm³/mol. The minimum Gasteiger partial charge on any atom is -0.337 e. The standard InChI is InChI=1S/C20H26N6O3/c1-4-24-18(28)20(25(19(24)29)13-14(2)3)6-10-23(11-7-20)17(27)15-12-16-21-8-5-9-26(16)22-15/h5,8-9,12,14H,4,6-7,10-11,13H2,1-3H3. The number of hydrogen-bond acceptors (Lipinski definition) is 5. The number of likely N-dealkylation sites (tertiary alicyclic amines) is 1. The minimum atomic E-state index is -0.839. The number of nitrogens with zero attached hydrogens (tertiary/aromatic N) is 6. The molecule has 4 amide bonds. The van der Waals surface area contributed by atoms with Crippen molar-refractivity contribution in [1.29, 1.82) is 0 Å². The Morgan fingerprint density at radius 2 is 1.97 bits per heavy atom. The van der Waals surface area contributed by atoms with Crippen LogP contribution in [0, 0.1) is 5.92 Å². The molecular formula is C20H26N6O3. The van der Waals surface area contributed by atoms with E-state index in [0.717, 1.165) is 0 Å². The average Bonchev–Trinajstić information content (AvgIpc) is 3.22. The molecule has 0 radical (unpaired) electrons. The number of fused-ring (bicyclic) bond motifs is 1. The molecule has 4 rings (SSSR count). The number of rotatable bonds is 4. The molecule has 0 N–H and O–H groups in total. The Kier molecular flexibility index (Phi) is 4.76. The zero-order valence-corrected chi connectivity index (χ0v) is 17.0. The number of piperidine rings is 1. The molecule has 0 saturated carbocycles. The number of carbonyl (C=O) groups excluding carboxylic acids is 3. The maximum atomic E-state index is 13.1. The van der Waals surface area contributed by atoms with E-state index in [0.29, 0.717) is 50.4 Å². The third kappa shape index (κ3) is 3.04. The Morgan fingerprint density at radius 1 is 1.24 bits per heavy atom. The summed E-state index contributed by atoms with van der Waals surface area (Å²) < 4.78 is 1.57. The molecule has 2 aromatic rings. The van der Waals surface area contributed by atoms with Gasteiger partial charge in [0.15, 0.2) is 11.3 Å². The smallest absolute Gasteiger partial charge is 0.327 e. The summed E-state index contributed by atoms with van der Waals surface area (Å²) in [6, 6.07) is 3.21. The second kappa shape index (κ2) is 7.13. The van der Waals surface area contributed by atoms with Gasteiger partial charge in [0.25, 0.3) is 11.8 Å². The van der Waals surface area contributed by atoms with Gasteiger partial charge in [0, 0.05) is 44.6 Å². The normalized spacial score (nSPS) is 19.2. The first-order chi connectivity index (χ1) is 13.9. The van der Waals surface area contributed by atoms with Gasteiger partial charge in [-0.3, -0.25) is 14.5 Å². The third-order valence-electron chi connectivity index (χ3n) is 5.82. The van der Waals surface area contributed by atoms with Crippen LogP contribution in [0.2, 0.25) is 0 Å². The van der Waals surface area contributed by atoms with Gasteiger partial charge in [-0.1, -0.05) is 13.8 Å². The van der Waals surface area contributed by atoms with Crippen molar-refractivity contribution in [2.75, 3.05) is 26.2 Å². The monoisotopic (exact) mass is 398 g/mol. The van der Waals surface area contributed by atoms with Crippen molar-refractivity contribution >= 4 is 23.5 Å². The molecule has 0 bridgehead atoms. The molecule has 1 spiro atoms. The zero-order chi connectivity index (χ0) is 20.8.